The lowest BCUT2D eigenvalue weighted by atomic mass is 9.88. The van der Waals surface area contributed by atoms with Crippen LogP contribution in [0.15, 0.2) is 18.3 Å². The van der Waals surface area contributed by atoms with Gasteiger partial charge in [-0.3, -0.25) is 4.98 Å². The molecule has 0 aromatic carbocycles. The Hall–Kier alpha value is -1.36. The maximum absolute atomic E-state index is 8.85. The topological polar surface area (TPSA) is 36.7 Å². The van der Waals surface area contributed by atoms with Gasteiger partial charge >= 0.3 is 0 Å². The maximum atomic E-state index is 8.85. The molecule has 2 heteroatoms. The molecular formula is C10H10N2. The van der Waals surface area contributed by atoms with Crippen LogP contribution >= 0.6 is 0 Å². The second kappa shape index (κ2) is 2.94. The van der Waals surface area contributed by atoms with Gasteiger partial charge in [-0.2, -0.15) is 5.26 Å². The van der Waals surface area contributed by atoms with E-state index in [0.29, 0.717) is 0 Å². The summed E-state index contributed by atoms with van der Waals surface area (Å²) < 4.78 is 0. The zero-order valence-corrected chi connectivity index (χ0v) is 6.83. The Labute approximate surface area is 71.9 Å². The second-order valence-electron chi connectivity index (χ2n) is 3.12. The largest absolute Gasteiger partial charge is 0.260 e. The molecule has 2 nitrogen and oxygen atoms in total. The summed E-state index contributed by atoms with van der Waals surface area (Å²) in [7, 11) is 0. The Morgan fingerprint density at radius 3 is 3.33 bits per heavy atom. The zero-order valence-electron chi connectivity index (χ0n) is 6.83. The highest BCUT2D eigenvalue weighted by Crippen LogP contribution is 2.28. The first-order valence-corrected chi connectivity index (χ1v) is 4.25. The second-order valence-corrected chi connectivity index (χ2v) is 3.12. The van der Waals surface area contributed by atoms with Crippen molar-refractivity contribution in [3.05, 3.63) is 29.6 Å². The highest BCUT2D eigenvalue weighted by Gasteiger charge is 2.19. The van der Waals surface area contributed by atoms with E-state index in [1.165, 1.54) is 5.56 Å². The summed E-state index contributed by atoms with van der Waals surface area (Å²) in [6.07, 6.45) is 4.95. The number of hydrogen-bond acceptors (Lipinski definition) is 2. The van der Waals surface area contributed by atoms with Crippen molar-refractivity contribution in [1.82, 2.24) is 4.98 Å². The molecule has 1 aromatic heterocycles. The van der Waals surface area contributed by atoms with Crippen LogP contribution in [0, 0.1) is 11.3 Å². The highest BCUT2D eigenvalue weighted by atomic mass is 14.7. The molecule has 1 aliphatic carbocycles. The number of aryl methyl sites for hydroxylation is 1. The summed E-state index contributed by atoms with van der Waals surface area (Å²) >= 11 is 0. The lowest BCUT2D eigenvalue weighted by molar-refractivity contribution is 0.619. The summed E-state index contributed by atoms with van der Waals surface area (Å²) in [5.74, 6) is 0.0370. The normalized spacial score (nSPS) is 21.1. The van der Waals surface area contributed by atoms with Crippen LogP contribution in [0.1, 0.15) is 30.0 Å². The number of rotatable bonds is 0. The van der Waals surface area contributed by atoms with Gasteiger partial charge < -0.3 is 0 Å². The van der Waals surface area contributed by atoms with Crippen LogP contribution in [0.5, 0.6) is 0 Å². The molecule has 1 heterocycles. The van der Waals surface area contributed by atoms with Crippen molar-refractivity contribution in [2.45, 2.75) is 25.2 Å². The van der Waals surface area contributed by atoms with Gasteiger partial charge in [-0.1, -0.05) is 6.07 Å². The fourth-order valence-corrected chi connectivity index (χ4v) is 1.74. The van der Waals surface area contributed by atoms with Crippen LogP contribution in [-0.4, -0.2) is 4.98 Å². The predicted octanol–water partition coefficient (Wildman–Crippen LogP) is 2.03. The molecule has 0 saturated carbocycles. The minimum atomic E-state index is 0.0370. The average Bonchev–Trinajstić information content (AvgIpc) is 2.17. The van der Waals surface area contributed by atoms with Crippen LogP contribution < -0.4 is 0 Å². The predicted molar refractivity (Wildman–Crippen MR) is 45.5 cm³/mol. The van der Waals surface area contributed by atoms with E-state index in [0.717, 1.165) is 25.0 Å². The summed E-state index contributed by atoms with van der Waals surface area (Å²) in [6.45, 7) is 0. The van der Waals surface area contributed by atoms with Gasteiger partial charge in [0.2, 0.25) is 0 Å². The number of pyridine rings is 1. The van der Waals surface area contributed by atoms with E-state index >= 15 is 0 Å². The molecule has 0 bridgehead atoms. The first-order valence-electron chi connectivity index (χ1n) is 4.25. The zero-order chi connectivity index (χ0) is 8.39. The first kappa shape index (κ1) is 7.30. The standard InChI is InChI=1S/C10H10N2/c11-7-9-4-1-3-8-5-2-6-12-10(8)9/h2,5-6,9H,1,3-4H2/t9-/m1/s1. The number of nitriles is 1. The lowest BCUT2D eigenvalue weighted by Crippen LogP contribution is -2.09. The van der Waals surface area contributed by atoms with Crippen molar-refractivity contribution < 1.29 is 0 Å². The molecule has 0 saturated heterocycles. The number of fused-ring (bicyclic) bond motifs is 1. The quantitative estimate of drug-likeness (QED) is 0.579. The minimum absolute atomic E-state index is 0.0370. The average molecular weight is 158 g/mol. The maximum Gasteiger partial charge on any atom is 0.0887 e. The van der Waals surface area contributed by atoms with Gasteiger partial charge in [-0.25, -0.2) is 0 Å². The molecule has 0 N–H and O–H groups in total. The number of aromatic nitrogens is 1. The van der Waals surface area contributed by atoms with Gasteiger partial charge in [0.05, 0.1) is 17.7 Å². The van der Waals surface area contributed by atoms with Crippen molar-refractivity contribution in [1.29, 1.82) is 5.26 Å². The molecule has 60 valence electrons. The van der Waals surface area contributed by atoms with Crippen molar-refractivity contribution >= 4 is 0 Å². The van der Waals surface area contributed by atoms with Gasteiger partial charge in [-0.15, -0.1) is 0 Å². The Morgan fingerprint density at radius 1 is 1.58 bits per heavy atom. The van der Waals surface area contributed by atoms with Crippen LogP contribution in [0.3, 0.4) is 0 Å². The van der Waals surface area contributed by atoms with Crippen LogP contribution in [0.2, 0.25) is 0 Å². The molecule has 0 unspecified atom stereocenters. The summed E-state index contributed by atoms with van der Waals surface area (Å²) in [5, 5.41) is 8.85. The minimum Gasteiger partial charge on any atom is -0.260 e. The molecule has 12 heavy (non-hydrogen) atoms. The Kier molecular flexibility index (Phi) is 1.79. The number of nitrogens with zero attached hydrogens (tertiary/aromatic N) is 2. The molecular weight excluding hydrogens is 148 g/mol. The highest BCUT2D eigenvalue weighted by molar-refractivity contribution is 5.29. The monoisotopic (exact) mass is 158 g/mol. The fourth-order valence-electron chi connectivity index (χ4n) is 1.74. The van der Waals surface area contributed by atoms with Gasteiger partial charge in [0.15, 0.2) is 0 Å². The van der Waals surface area contributed by atoms with E-state index in [1.807, 2.05) is 6.07 Å². The fraction of sp³-hybridized carbons (Fsp3) is 0.400. The van der Waals surface area contributed by atoms with E-state index in [1.54, 1.807) is 6.20 Å². The molecule has 1 aliphatic rings. The van der Waals surface area contributed by atoms with Crippen LogP contribution in [0.4, 0.5) is 0 Å². The number of hydrogen-bond donors (Lipinski definition) is 0. The van der Waals surface area contributed by atoms with Crippen LogP contribution in [0.25, 0.3) is 0 Å². The van der Waals surface area contributed by atoms with Gasteiger partial charge in [-0.05, 0) is 30.9 Å². The summed E-state index contributed by atoms with van der Waals surface area (Å²) in [5.41, 5.74) is 2.27. The van der Waals surface area contributed by atoms with Crippen molar-refractivity contribution in [2.24, 2.45) is 0 Å². The first-order chi connectivity index (χ1) is 5.92. The molecule has 0 spiro atoms. The smallest absolute Gasteiger partial charge is 0.0887 e. The van der Waals surface area contributed by atoms with Crippen molar-refractivity contribution in [3.8, 4) is 6.07 Å². The molecule has 0 fully saturated rings. The van der Waals surface area contributed by atoms with E-state index < -0.39 is 0 Å². The van der Waals surface area contributed by atoms with E-state index in [-0.39, 0.29) is 5.92 Å². The molecule has 0 amide bonds. The SMILES string of the molecule is N#C[C@H]1CCCc2cccnc21. The van der Waals surface area contributed by atoms with Crippen LogP contribution in [-0.2, 0) is 6.42 Å². The Balaban J connectivity index is 2.45. The summed E-state index contributed by atoms with van der Waals surface area (Å²) in [6, 6.07) is 6.32. The van der Waals surface area contributed by atoms with Gasteiger partial charge in [0, 0.05) is 6.20 Å². The van der Waals surface area contributed by atoms with Gasteiger partial charge in [0.25, 0.3) is 0 Å². The molecule has 0 radical (unpaired) electrons. The Morgan fingerprint density at radius 2 is 2.50 bits per heavy atom. The van der Waals surface area contributed by atoms with Crippen molar-refractivity contribution in [3.63, 3.8) is 0 Å². The Bertz CT molecular complexity index is 325. The third kappa shape index (κ3) is 1.08. The van der Waals surface area contributed by atoms with Crippen molar-refractivity contribution in [2.75, 3.05) is 0 Å². The third-order valence-electron chi connectivity index (χ3n) is 2.35. The lowest BCUT2D eigenvalue weighted by Gasteiger charge is -2.18. The van der Waals surface area contributed by atoms with E-state index in [2.05, 4.69) is 17.1 Å². The third-order valence-corrected chi connectivity index (χ3v) is 2.35. The molecule has 1 atom stereocenters. The van der Waals surface area contributed by atoms with E-state index in [9.17, 15) is 0 Å². The van der Waals surface area contributed by atoms with Gasteiger partial charge in [0.1, 0.15) is 0 Å². The molecule has 0 aliphatic heterocycles. The summed E-state index contributed by atoms with van der Waals surface area (Å²) in [4.78, 5) is 4.25. The molecule has 1 aromatic rings. The van der Waals surface area contributed by atoms with E-state index in [4.69, 9.17) is 5.26 Å². The molecule has 2 rings (SSSR count).